The highest BCUT2D eigenvalue weighted by Gasteiger charge is 2.34. The predicted octanol–water partition coefficient (Wildman–Crippen LogP) is 1.20. The molecular formula is C16H15ClN6O2. The Kier molecular flexibility index (Phi) is 3.69. The number of aryl methyl sites for hydroxylation is 1. The number of pyridine rings is 1. The highest BCUT2D eigenvalue weighted by Crippen LogP contribution is 2.21. The molecule has 25 heavy (non-hydrogen) atoms. The number of hydrogen-bond donors (Lipinski definition) is 2. The number of likely N-dealkylation sites (tertiary alicyclic amines) is 1. The minimum atomic E-state index is -0.292. The van der Waals surface area contributed by atoms with Crippen LogP contribution in [0.5, 0.6) is 0 Å². The number of carbonyl (C=O) groups is 2. The third kappa shape index (κ3) is 2.74. The summed E-state index contributed by atoms with van der Waals surface area (Å²) in [6.07, 6.45) is 4.91. The first-order valence-corrected chi connectivity index (χ1v) is 8.11. The van der Waals surface area contributed by atoms with E-state index in [4.69, 9.17) is 11.6 Å². The Morgan fingerprint density at radius 3 is 2.84 bits per heavy atom. The minimum Gasteiger partial charge on any atom is -0.349 e. The monoisotopic (exact) mass is 358 g/mol. The fraction of sp³-hybridized carbons (Fsp3) is 0.250. The second-order valence-corrected chi connectivity index (χ2v) is 6.35. The molecule has 0 atom stereocenters. The maximum absolute atomic E-state index is 12.7. The molecule has 2 amide bonds. The van der Waals surface area contributed by atoms with Crippen molar-refractivity contribution in [1.29, 1.82) is 0 Å². The van der Waals surface area contributed by atoms with E-state index in [-0.39, 0.29) is 23.1 Å². The van der Waals surface area contributed by atoms with Gasteiger partial charge in [0.15, 0.2) is 5.69 Å². The van der Waals surface area contributed by atoms with Gasteiger partial charge in [0, 0.05) is 37.9 Å². The Hall–Kier alpha value is -2.87. The number of halogens is 1. The van der Waals surface area contributed by atoms with Gasteiger partial charge in [-0.2, -0.15) is 0 Å². The van der Waals surface area contributed by atoms with Crippen molar-refractivity contribution in [1.82, 2.24) is 29.7 Å². The lowest BCUT2D eigenvalue weighted by atomic mass is 10.1. The Balaban J connectivity index is 1.42. The van der Waals surface area contributed by atoms with Gasteiger partial charge in [-0.25, -0.2) is 9.97 Å². The van der Waals surface area contributed by atoms with Crippen LogP contribution in [0.15, 0.2) is 30.7 Å². The third-order valence-electron chi connectivity index (χ3n) is 4.28. The molecule has 1 aliphatic heterocycles. The first-order chi connectivity index (χ1) is 12.0. The van der Waals surface area contributed by atoms with Crippen LogP contribution in [0.25, 0.3) is 10.9 Å². The van der Waals surface area contributed by atoms with Gasteiger partial charge in [-0.3, -0.25) is 9.59 Å². The number of rotatable bonds is 3. The second-order valence-electron chi connectivity index (χ2n) is 5.99. The molecule has 128 valence electrons. The molecule has 3 aromatic rings. The van der Waals surface area contributed by atoms with Gasteiger partial charge in [0.25, 0.3) is 11.8 Å². The van der Waals surface area contributed by atoms with Crippen molar-refractivity contribution in [3.8, 4) is 0 Å². The summed E-state index contributed by atoms with van der Waals surface area (Å²) in [5, 5.41) is 3.98. The van der Waals surface area contributed by atoms with E-state index in [2.05, 4.69) is 20.3 Å². The lowest BCUT2D eigenvalue weighted by Crippen LogP contribution is -2.61. The van der Waals surface area contributed by atoms with E-state index in [9.17, 15) is 9.59 Å². The number of H-pyrrole nitrogens is 1. The molecule has 3 aromatic heterocycles. The molecule has 1 fully saturated rings. The Morgan fingerprint density at radius 1 is 1.32 bits per heavy atom. The summed E-state index contributed by atoms with van der Waals surface area (Å²) in [5.74, 6) is -0.429. The van der Waals surface area contributed by atoms with E-state index < -0.39 is 0 Å². The first-order valence-electron chi connectivity index (χ1n) is 7.73. The number of carbonyl (C=O) groups excluding carboxylic acids is 2. The zero-order valence-corrected chi connectivity index (χ0v) is 14.1. The largest absolute Gasteiger partial charge is 0.349 e. The van der Waals surface area contributed by atoms with Crippen LogP contribution in [-0.2, 0) is 7.05 Å². The van der Waals surface area contributed by atoms with Gasteiger partial charge in [-0.15, -0.1) is 0 Å². The van der Waals surface area contributed by atoms with Gasteiger partial charge in [0.2, 0.25) is 5.28 Å². The number of hydrogen-bond acceptors (Lipinski definition) is 4. The van der Waals surface area contributed by atoms with Crippen LogP contribution in [0, 0.1) is 0 Å². The van der Waals surface area contributed by atoms with Crippen molar-refractivity contribution in [2.24, 2.45) is 7.05 Å². The van der Waals surface area contributed by atoms with Crippen molar-refractivity contribution >= 4 is 34.3 Å². The molecule has 0 aliphatic carbocycles. The lowest BCUT2D eigenvalue weighted by Gasteiger charge is -2.39. The molecule has 4 heterocycles. The highest BCUT2D eigenvalue weighted by molar-refractivity contribution is 6.28. The van der Waals surface area contributed by atoms with Crippen LogP contribution in [0.2, 0.25) is 5.28 Å². The number of aromatic amines is 1. The second kappa shape index (κ2) is 5.89. The molecule has 0 aromatic carbocycles. The summed E-state index contributed by atoms with van der Waals surface area (Å²) in [7, 11) is 1.88. The molecule has 0 unspecified atom stereocenters. The zero-order valence-electron chi connectivity index (χ0n) is 13.4. The predicted molar refractivity (Wildman–Crippen MR) is 91.5 cm³/mol. The molecule has 2 N–H and O–H groups in total. The molecule has 0 radical (unpaired) electrons. The van der Waals surface area contributed by atoms with E-state index in [1.54, 1.807) is 11.1 Å². The summed E-state index contributed by atoms with van der Waals surface area (Å²) >= 11 is 5.66. The van der Waals surface area contributed by atoms with Gasteiger partial charge < -0.3 is 19.8 Å². The van der Waals surface area contributed by atoms with Crippen LogP contribution in [0.1, 0.15) is 21.0 Å². The quantitative estimate of drug-likeness (QED) is 0.735. The molecule has 1 aliphatic rings. The SMILES string of the molecule is Cn1ccc2ccnc(C(=O)N3CC(NC(=O)c4cnc(Cl)[nH]4)C3)c21. The molecule has 4 rings (SSSR count). The topological polar surface area (TPSA) is 95.9 Å². The average molecular weight is 359 g/mol. The Morgan fingerprint density at radius 2 is 2.12 bits per heavy atom. The van der Waals surface area contributed by atoms with Gasteiger partial charge in [0.05, 0.1) is 17.8 Å². The summed E-state index contributed by atoms with van der Waals surface area (Å²) in [5.41, 5.74) is 1.53. The Bertz CT molecular complexity index is 972. The molecule has 0 bridgehead atoms. The van der Waals surface area contributed by atoms with E-state index in [1.165, 1.54) is 6.20 Å². The average Bonchev–Trinajstić information content (AvgIpc) is 3.16. The first kappa shape index (κ1) is 15.6. The number of fused-ring (bicyclic) bond motifs is 1. The van der Waals surface area contributed by atoms with Crippen LogP contribution >= 0.6 is 11.6 Å². The van der Waals surface area contributed by atoms with E-state index in [0.29, 0.717) is 24.5 Å². The lowest BCUT2D eigenvalue weighted by molar-refractivity contribution is 0.0538. The van der Waals surface area contributed by atoms with Crippen molar-refractivity contribution in [3.63, 3.8) is 0 Å². The van der Waals surface area contributed by atoms with Gasteiger partial charge in [-0.1, -0.05) is 0 Å². The zero-order chi connectivity index (χ0) is 17.6. The number of aromatic nitrogens is 4. The van der Waals surface area contributed by atoms with Crippen molar-refractivity contribution in [3.05, 3.63) is 47.4 Å². The summed E-state index contributed by atoms with van der Waals surface area (Å²) in [4.78, 5) is 37.1. The maximum atomic E-state index is 12.7. The molecule has 8 nitrogen and oxygen atoms in total. The van der Waals surface area contributed by atoms with E-state index in [0.717, 1.165) is 10.9 Å². The number of imidazole rings is 1. The Labute approximate surface area is 147 Å². The minimum absolute atomic E-state index is 0.105. The van der Waals surface area contributed by atoms with Crippen molar-refractivity contribution in [2.75, 3.05) is 13.1 Å². The summed E-state index contributed by atoms with van der Waals surface area (Å²) < 4.78 is 1.89. The van der Waals surface area contributed by atoms with Crippen LogP contribution < -0.4 is 5.32 Å². The summed E-state index contributed by atoms with van der Waals surface area (Å²) in [6.45, 7) is 0.879. The molecule has 1 saturated heterocycles. The van der Waals surface area contributed by atoms with Gasteiger partial charge >= 0.3 is 0 Å². The molecule has 9 heteroatoms. The van der Waals surface area contributed by atoms with E-state index in [1.807, 2.05) is 29.9 Å². The van der Waals surface area contributed by atoms with E-state index >= 15 is 0 Å². The molecule has 0 spiro atoms. The number of nitrogens with one attached hydrogen (secondary N) is 2. The molecular weight excluding hydrogens is 344 g/mol. The molecule has 0 saturated carbocycles. The smallest absolute Gasteiger partial charge is 0.274 e. The van der Waals surface area contributed by atoms with Crippen molar-refractivity contribution in [2.45, 2.75) is 6.04 Å². The van der Waals surface area contributed by atoms with Gasteiger partial charge in [0.1, 0.15) is 5.69 Å². The normalized spacial score (nSPS) is 14.6. The maximum Gasteiger partial charge on any atom is 0.274 e. The number of nitrogens with zero attached hydrogens (tertiary/aromatic N) is 4. The standard InChI is InChI=1S/C16H15ClN6O2/c1-22-5-3-9-2-4-18-12(13(9)22)15(25)23-7-10(8-23)20-14(24)11-6-19-16(17)21-11/h2-6,10H,7-8H2,1H3,(H,19,21)(H,20,24). The van der Waals surface area contributed by atoms with Crippen LogP contribution in [-0.4, -0.2) is 55.4 Å². The fourth-order valence-corrected chi connectivity index (χ4v) is 3.11. The van der Waals surface area contributed by atoms with Crippen LogP contribution in [0.4, 0.5) is 0 Å². The van der Waals surface area contributed by atoms with Crippen LogP contribution in [0.3, 0.4) is 0 Å². The summed E-state index contributed by atoms with van der Waals surface area (Å²) in [6, 6.07) is 3.72. The highest BCUT2D eigenvalue weighted by atomic mass is 35.5. The fourth-order valence-electron chi connectivity index (χ4n) is 2.96. The van der Waals surface area contributed by atoms with Crippen molar-refractivity contribution < 1.29 is 9.59 Å². The third-order valence-corrected chi connectivity index (χ3v) is 4.47. The van der Waals surface area contributed by atoms with Gasteiger partial charge in [-0.05, 0) is 23.7 Å². The number of amides is 2.